The molecule has 0 radical (unpaired) electrons. The lowest BCUT2D eigenvalue weighted by atomic mass is 9.88. The fourth-order valence-electron chi connectivity index (χ4n) is 6.07. The summed E-state index contributed by atoms with van der Waals surface area (Å²) in [5.41, 5.74) is 4.51. The van der Waals surface area contributed by atoms with E-state index in [4.69, 9.17) is 0 Å². The van der Waals surface area contributed by atoms with Gasteiger partial charge in [-0.2, -0.15) is 13.2 Å². The van der Waals surface area contributed by atoms with E-state index in [2.05, 4.69) is 22.2 Å². The lowest BCUT2D eigenvalue weighted by Crippen LogP contribution is -2.44. The van der Waals surface area contributed by atoms with E-state index >= 15 is 0 Å². The molecule has 0 spiro atoms. The number of aryl methyl sites for hydroxylation is 1. The number of thioether (sulfide) groups is 1. The van der Waals surface area contributed by atoms with E-state index in [9.17, 15) is 22.8 Å². The second-order valence-electron chi connectivity index (χ2n) is 11.9. The van der Waals surface area contributed by atoms with Gasteiger partial charge >= 0.3 is 6.18 Å². The highest BCUT2D eigenvalue weighted by atomic mass is 32.2. The van der Waals surface area contributed by atoms with Gasteiger partial charge in [0.25, 0.3) is 11.1 Å². The summed E-state index contributed by atoms with van der Waals surface area (Å²) in [6, 6.07) is 26.9. The molecule has 1 fully saturated rings. The summed E-state index contributed by atoms with van der Waals surface area (Å²) in [6.07, 6.45) is -4.50. The Morgan fingerprint density at radius 2 is 1.59 bits per heavy atom. The summed E-state index contributed by atoms with van der Waals surface area (Å²) in [5.74, 6) is -0.238. The van der Waals surface area contributed by atoms with Gasteiger partial charge in [-0.1, -0.05) is 78.0 Å². The number of halogens is 3. The van der Waals surface area contributed by atoms with E-state index in [1.54, 1.807) is 17.0 Å². The summed E-state index contributed by atoms with van der Waals surface area (Å²) in [7, 11) is 2.10. The minimum Gasteiger partial charge on any atom is -0.369 e. The quantitative estimate of drug-likeness (QED) is 0.230. The molecule has 1 N–H and O–H groups in total. The Labute approximate surface area is 271 Å². The minimum absolute atomic E-state index is 0.227. The Hall–Kier alpha value is -4.28. The van der Waals surface area contributed by atoms with Gasteiger partial charge in [0.05, 0.1) is 16.9 Å². The first-order chi connectivity index (χ1) is 22.1. The molecule has 4 aromatic rings. The molecule has 2 aliphatic rings. The zero-order valence-electron chi connectivity index (χ0n) is 25.6. The summed E-state index contributed by atoms with van der Waals surface area (Å²) in [4.78, 5) is 34.0. The summed E-state index contributed by atoms with van der Waals surface area (Å²) in [5, 5.41) is 2.12. The van der Waals surface area contributed by atoms with Crippen LogP contribution in [0.4, 0.5) is 29.3 Å². The Kier molecular flexibility index (Phi) is 9.11. The predicted molar refractivity (Wildman–Crippen MR) is 177 cm³/mol. The number of likely N-dealkylation sites (N-methyl/N-ethyl adjacent to an activating group) is 1. The maximum atomic E-state index is 14.1. The molecule has 0 aliphatic carbocycles. The molecule has 2 atom stereocenters. The number of hydrogen-bond acceptors (Lipinski definition) is 5. The predicted octanol–water partition coefficient (Wildman–Crippen LogP) is 8.17. The number of nitrogens with one attached hydrogen (secondary N) is 1. The van der Waals surface area contributed by atoms with Gasteiger partial charge in [-0.3, -0.25) is 9.59 Å². The maximum Gasteiger partial charge on any atom is 0.416 e. The molecule has 2 heterocycles. The summed E-state index contributed by atoms with van der Waals surface area (Å²) < 4.78 is 40.5. The molecule has 46 heavy (non-hydrogen) atoms. The molecule has 1 unspecified atom stereocenters. The van der Waals surface area contributed by atoms with Crippen molar-refractivity contribution in [2.24, 2.45) is 0 Å². The number of nitrogens with zero attached hydrogens (tertiary/aromatic N) is 3. The maximum absolute atomic E-state index is 14.1. The van der Waals surface area contributed by atoms with Crippen LogP contribution in [0.3, 0.4) is 0 Å². The van der Waals surface area contributed by atoms with Crippen molar-refractivity contribution in [3.63, 3.8) is 0 Å². The Morgan fingerprint density at radius 3 is 2.28 bits per heavy atom. The largest absolute Gasteiger partial charge is 0.416 e. The number of anilines is 2. The van der Waals surface area contributed by atoms with Crippen LogP contribution >= 0.6 is 11.8 Å². The van der Waals surface area contributed by atoms with Gasteiger partial charge < -0.3 is 20.0 Å². The fraction of sp³-hybridized carbons (Fsp3) is 0.278. The molecule has 6 nitrogen and oxygen atoms in total. The number of piperazine rings is 1. The first kappa shape index (κ1) is 31.7. The molecule has 238 valence electrons. The molecule has 0 saturated carbocycles. The Bertz CT molecular complexity index is 1700. The van der Waals surface area contributed by atoms with Crippen molar-refractivity contribution >= 4 is 34.3 Å². The van der Waals surface area contributed by atoms with E-state index in [0.717, 1.165) is 66.9 Å². The van der Waals surface area contributed by atoms with Gasteiger partial charge in [0.15, 0.2) is 0 Å². The Balaban J connectivity index is 1.34. The smallest absolute Gasteiger partial charge is 0.369 e. The molecule has 0 bridgehead atoms. The highest BCUT2D eigenvalue weighted by Gasteiger charge is 2.42. The first-order valence-corrected chi connectivity index (χ1v) is 16.1. The van der Waals surface area contributed by atoms with Crippen LogP contribution in [-0.4, -0.2) is 54.2 Å². The second kappa shape index (κ2) is 13.2. The van der Waals surface area contributed by atoms with Gasteiger partial charge in [-0.15, -0.1) is 0 Å². The number of fused-ring (bicyclic) bond motifs is 1. The van der Waals surface area contributed by atoms with Crippen LogP contribution < -0.4 is 10.2 Å². The number of carbonyl (C=O) groups is 2. The van der Waals surface area contributed by atoms with Crippen LogP contribution in [0.1, 0.15) is 49.5 Å². The van der Waals surface area contributed by atoms with Crippen molar-refractivity contribution in [1.82, 2.24) is 9.80 Å². The van der Waals surface area contributed by atoms with Crippen LogP contribution in [0, 0.1) is 6.92 Å². The van der Waals surface area contributed by atoms with Crippen molar-refractivity contribution in [2.45, 2.75) is 30.9 Å². The SMILES string of the molecule is Cc1ccc(CN2C(=O)c3ccccc3C(SC(=O)Nc3cccc(N4CCN(C)CC4)c3)[C@@H]2c2ccc(C(F)(F)F)cc2)cc1. The van der Waals surface area contributed by atoms with Crippen LogP contribution in [0.15, 0.2) is 97.1 Å². The molecule has 2 aliphatic heterocycles. The fourth-order valence-corrected chi connectivity index (χ4v) is 7.25. The van der Waals surface area contributed by atoms with Crippen molar-refractivity contribution in [1.29, 1.82) is 0 Å². The highest BCUT2D eigenvalue weighted by molar-refractivity contribution is 8.14. The summed E-state index contributed by atoms with van der Waals surface area (Å²) >= 11 is 1.04. The third kappa shape index (κ3) is 6.93. The second-order valence-corrected chi connectivity index (χ2v) is 13.0. The average molecular weight is 645 g/mol. The monoisotopic (exact) mass is 644 g/mol. The van der Waals surface area contributed by atoms with Crippen molar-refractivity contribution in [3.8, 4) is 0 Å². The normalized spacial score (nSPS) is 18.8. The zero-order valence-corrected chi connectivity index (χ0v) is 26.4. The highest BCUT2D eigenvalue weighted by Crippen LogP contribution is 2.50. The lowest BCUT2D eigenvalue weighted by Gasteiger charge is -2.42. The van der Waals surface area contributed by atoms with Crippen molar-refractivity contribution in [2.75, 3.05) is 43.4 Å². The molecular weight excluding hydrogens is 609 g/mol. The standard InChI is InChI=1S/C36H35F3N4O2S/c1-24-10-12-25(13-11-24)23-43-32(26-14-16-27(17-15-26)36(37,38)39)33(30-8-3-4-9-31(30)34(43)44)46-35(45)40-28-6-5-7-29(22-28)42-20-18-41(2)19-21-42/h3-17,22,32-33H,18-21,23H2,1-2H3,(H,40,45)/t32-,33?/m0/s1. The number of hydrogen-bond donors (Lipinski definition) is 1. The molecular formula is C36H35F3N4O2S. The van der Waals surface area contributed by atoms with Crippen molar-refractivity contribution < 1.29 is 22.8 Å². The van der Waals surface area contributed by atoms with E-state index in [1.807, 2.05) is 67.6 Å². The minimum atomic E-state index is -4.50. The van der Waals surface area contributed by atoms with Crippen LogP contribution in [0.2, 0.25) is 0 Å². The molecule has 2 amide bonds. The number of alkyl halides is 3. The zero-order chi connectivity index (χ0) is 32.4. The molecule has 6 rings (SSSR count). The molecule has 4 aromatic carbocycles. The average Bonchev–Trinajstić information content (AvgIpc) is 3.04. The number of benzene rings is 4. The van der Waals surface area contributed by atoms with Crippen LogP contribution in [0.25, 0.3) is 0 Å². The molecule has 10 heteroatoms. The van der Waals surface area contributed by atoms with E-state index in [1.165, 1.54) is 12.1 Å². The van der Waals surface area contributed by atoms with Gasteiger partial charge in [0.1, 0.15) is 0 Å². The summed E-state index contributed by atoms with van der Waals surface area (Å²) in [6.45, 7) is 5.89. The van der Waals surface area contributed by atoms with Crippen LogP contribution in [-0.2, 0) is 12.7 Å². The number of amides is 2. The lowest BCUT2D eigenvalue weighted by molar-refractivity contribution is -0.137. The van der Waals surface area contributed by atoms with Gasteiger partial charge in [0, 0.05) is 49.7 Å². The third-order valence-corrected chi connectivity index (χ3v) is 9.71. The van der Waals surface area contributed by atoms with Gasteiger partial charge in [-0.05, 0) is 67.1 Å². The van der Waals surface area contributed by atoms with Gasteiger partial charge in [0.2, 0.25) is 0 Å². The number of rotatable bonds is 6. The van der Waals surface area contributed by atoms with E-state index in [0.29, 0.717) is 22.4 Å². The van der Waals surface area contributed by atoms with Crippen LogP contribution in [0.5, 0.6) is 0 Å². The Morgan fingerprint density at radius 1 is 0.891 bits per heavy atom. The topological polar surface area (TPSA) is 55.9 Å². The van der Waals surface area contributed by atoms with E-state index < -0.39 is 23.0 Å². The first-order valence-electron chi connectivity index (χ1n) is 15.2. The molecule has 1 saturated heterocycles. The van der Waals surface area contributed by atoms with Crippen molar-refractivity contribution in [3.05, 3.63) is 130 Å². The van der Waals surface area contributed by atoms with Gasteiger partial charge in [-0.25, -0.2) is 0 Å². The molecule has 0 aromatic heterocycles. The number of carbonyl (C=O) groups excluding carboxylic acids is 2. The van der Waals surface area contributed by atoms with E-state index in [-0.39, 0.29) is 17.7 Å². The third-order valence-electron chi connectivity index (χ3n) is 8.63.